The summed E-state index contributed by atoms with van der Waals surface area (Å²) in [5, 5.41) is 3.98. The van der Waals surface area contributed by atoms with Gasteiger partial charge in [-0.3, -0.25) is 14.4 Å². The van der Waals surface area contributed by atoms with Crippen molar-refractivity contribution < 1.29 is 14.4 Å². The maximum Gasteiger partial charge on any atom is 0.239 e. The second-order valence-corrected chi connectivity index (χ2v) is 8.88. The van der Waals surface area contributed by atoms with Gasteiger partial charge in [0.05, 0.1) is 0 Å². The third-order valence-corrected chi connectivity index (χ3v) is 6.76. The van der Waals surface area contributed by atoms with Crippen LogP contribution in [0.2, 0.25) is 10.0 Å². The van der Waals surface area contributed by atoms with E-state index in [1.807, 2.05) is 18.2 Å². The summed E-state index contributed by atoms with van der Waals surface area (Å²) in [4.78, 5) is 38.7. The van der Waals surface area contributed by atoms with Gasteiger partial charge in [-0.25, -0.2) is 0 Å². The molecule has 0 fully saturated rings. The third kappa shape index (κ3) is 3.10. The molecule has 2 atom stereocenters. The smallest absolute Gasteiger partial charge is 0.239 e. The van der Waals surface area contributed by atoms with Crippen LogP contribution >= 0.6 is 23.2 Å². The number of Topliss-reactive ketones (excluding diaryl/α,β-unsaturated/α-hetero) is 1. The first-order valence-electron chi connectivity index (χ1n) is 10.1. The van der Waals surface area contributed by atoms with E-state index in [1.54, 1.807) is 54.6 Å². The lowest BCUT2D eigenvalue weighted by molar-refractivity contribution is -0.121. The van der Waals surface area contributed by atoms with Crippen LogP contribution in [0.3, 0.4) is 0 Å². The quantitative estimate of drug-likeness (QED) is 0.498. The number of halogens is 2. The van der Waals surface area contributed by atoms with Gasteiger partial charge in [-0.2, -0.15) is 0 Å². The van der Waals surface area contributed by atoms with Gasteiger partial charge in [0.1, 0.15) is 5.41 Å². The molecule has 0 saturated heterocycles. The summed E-state index contributed by atoms with van der Waals surface area (Å²) >= 11 is 12.4. The van der Waals surface area contributed by atoms with Crippen LogP contribution in [0.5, 0.6) is 0 Å². The number of rotatable bonds is 3. The highest BCUT2D eigenvalue weighted by Crippen LogP contribution is 2.54. The number of ketones is 1. The molecule has 2 aliphatic rings. The Kier molecular flexibility index (Phi) is 5.00. The molecule has 1 aliphatic heterocycles. The monoisotopic (exact) mass is 461 g/mol. The lowest BCUT2D eigenvalue weighted by Crippen LogP contribution is -2.43. The minimum atomic E-state index is -1.15. The van der Waals surface area contributed by atoms with E-state index in [-0.39, 0.29) is 18.1 Å². The van der Waals surface area contributed by atoms with Crippen LogP contribution < -0.4 is 5.32 Å². The zero-order valence-electron chi connectivity index (χ0n) is 16.8. The van der Waals surface area contributed by atoms with Crippen LogP contribution in [0.4, 0.5) is 5.69 Å². The fraction of sp³-hybridized carbons (Fsp3) is 0.115. The van der Waals surface area contributed by atoms with E-state index < -0.39 is 11.3 Å². The van der Waals surface area contributed by atoms with E-state index in [0.29, 0.717) is 32.4 Å². The summed E-state index contributed by atoms with van der Waals surface area (Å²) in [6.07, 6.45) is 2.54. The molecule has 1 N–H and O–H groups in total. The molecule has 5 rings (SSSR count). The van der Waals surface area contributed by atoms with Gasteiger partial charge in [0.25, 0.3) is 0 Å². The highest BCUT2D eigenvalue weighted by atomic mass is 35.5. The number of nitrogens with one attached hydrogen (secondary N) is 1. The molecule has 0 aromatic heterocycles. The van der Waals surface area contributed by atoms with Gasteiger partial charge in [-0.05, 0) is 41.0 Å². The Morgan fingerprint density at radius 2 is 1.72 bits per heavy atom. The van der Waals surface area contributed by atoms with Crippen molar-refractivity contribution in [2.75, 3.05) is 5.32 Å². The predicted molar refractivity (Wildman–Crippen MR) is 125 cm³/mol. The molecule has 0 radical (unpaired) electrons. The molecule has 3 aromatic rings. The average molecular weight is 462 g/mol. The van der Waals surface area contributed by atoms with Gasteiger partial charge >= 0.3 is 0 Å². The van der Waals surface area contributed by atoms with Crippen molar-refractivity contribution in [2.45, 2.75) is 17.8 Å². The minimum absolute atomic E-state index is 0.0921. The Balaban J connectivity index is 1.81. The minimum Gasteiger partial charge on any atom is -0.325 e. The molecular formula is C26H17Cl2NO3. The Hall–Kier alpha value is -3.21. The molecule has 1 spiro atoms. The third-order valence-electron chi connectivity index (χ3n) is 6.29. The normalized spacial score (nSPS) is 21.8. The summed E-state index contributed by atoms with van der Waals surface area (Å²) in [7, 11) is 0. The molecule has 0 bridgehead atoms. The van der Waals surface area contributed by atoms with Crippen molar-refractivity contribution in [3.05, 3.63) is 105 Å². The number of benzene rings is 3. The molecule has 158 valence electrons. The summed E-state index contributed by atoms with van der Waals surface area (Å²) in [6.45, 7) is 0. The van der Waals surface area contributed by atoms with Gasteiger partial charge in [0.2, 0.25) is 5.91 Å². The zero-order chi connectivity index (χ0) is 22.5. The standard InChI is InChI=1S/C26H17Cl2NO3/c27-17-6-3-5-15(10-17)22-12-24(31)20(19-7-2-1-4-16(19)14-30)13-26(22)21-9-8-18(28)11-23(21)29-25(26)32/h1-11,13-14,22H,12H2,(H,29,32)/t22-,26-/m0/s1. The van der Waals surface area contributed by atoms with E-state index >= 15 is 0 Å². The van der Waals surface area contributed by atoms with Crippen LogP contribution in [0, 0.1) is 0 Å². The van der Waals surface area contributed by atoms with E-state index in [4.69, 9.17) is 23.2 Å². The topological polar surface area (TPSA) is 63.2 Å². The lowest BCUT2D eigenvalue weighted by Gasteiger charge is -2.38. The number of anilines is 1. The number of carbonyl (C=O) groups is 3. The number of allylic oxidation sites excluding steroid dienone is 1. The van der Waals surface area contributed by atoms with E-state index in [1.165, 1.54) is 0 Å². The van der Waals surface area contributed by atoms with Gasteiger partial charge in [0.15, 0.2) is 12.1 Å². The molecule has 32 heavy (non-hydrogen) atoms. The Morgan fingerprint density at radius 1 is 0.938 bits per heavy atom. The fourth-order valence-corrected chi connectivity index (χ4v) is 5.23. The maximum atomic E-state index is 13.6. The van der Waals surface area contributed by atoms with Crippen LogP contribution in [0.25, 0.3) is 5.57 Å². The average Bonchev–Trinajstić information content (AvgIpc) is 3.05. The SMILES string of the molecule is O=Cc1ccccc1C1=C[C@@]2(C(=O)Nc3cc(Cl)ccc32)[C@H](c2cccc(Cl)c2)CC1=O. The van der Waals surface area contributed by atoms with Crippen LogP contribution in [0.1, 0.15) is 39.4 Å². The van der Waals surface area contributed by atoms with Crippen molar-refractivity contribution in [2.24, 2.45) is 0 Å². The number of aldehydes is 1. The maximum absolute atomic E-state index is 13.6. The molecule has 1 amide bonds. The molecule has 3 aromatic carbocycles. The number of fused-ring (bicyclic) bond motifs is 2. The van der Waals surface area contributed by atoms with E-state index in [9.17, 15) is 14.4 Å². The van der Waals surface area contributed by atoms with Gasteiger partial charge in [-0.1, -0.05) is 71.7 Å². The van der Waals surface area contributed by atoms with Gasteiger partial charge in [0, 0.05) is 39.2 Å². The van der Waals surface area contributed by atoms with Crippen molar-refractivity contribution in [3.8, 4) is 0 Å². The Morgan fingerprint density at radius 3 is 2.50 bits per heavy atom. The van der Waals surface area contributed by atoms with Crippen LogP contribution in [-0.4, -0.2) is 18.0 Å². The second-order valence-electron chi connectivity index (χ2n) is 8.01. The van der Waals surface area contributed by atoms with Crippen molar-refractivity contribution in [3.63, 3.8) is 0 Å². The molecule has 0 unspecified atom stereocenters. The second kappa shape index (κ2) is 7.73. The number of hydrogen-bond acceptors (Lipinski definition) is 3. The largest absolute Gasteiger partial charge is 0.325 e. The number of carbonyl (C=O) groups excluding carboxylic acids is 3. The van der Waals surface area contributed by atoms with Gasteiger partial charge < -0.3 is 5.32 Å². The summed E-state index contributed by atoms with van der Waals surface area (Å²) in [5.74, 6) is -0.846. The van der Waals surface area contributed by atoms with E-state index in [0.717, 1.165) is 17.4 Å². The first-order valence-corrected chi connectivity index (χ1v) is 10.9. The van der Waals surface area contributed by atoms with Crippen molar-refractivity contribution in [1.82, 2.24) is 0 Å². The molecule has 1 heterocycles. The predicted octanol–water partition coefficient (Wildman–Crippen LogP) is 5.84. The Bertz CT molecular complexity index is 1330. The molecule has 1 aliphatic carbocycles. The number of amides is 1. The highest BCUT2D eigenvalue weighted by molar-refractivity contribution is 6.32. The highest BCUT2D eigenvalue weighted by Gasteiger charge is 2.54. The first kappa shape index (κ1) is 20.7. The summed E-state index contributed by atoms with van der Waals surface area (Å²) in [5.41, 5.74) is 2.29. The van der Waals surface area contributed by atoms with Crippen LogP contribution in [-0.2, 0) is 15.0 Å². The molecule has 6 heteroatoms. The van der Waals surface area contributed by atoms with Crippen LogP contribution in [0.15, 0.2) is 72.8 Å². The first-order chi connectivity index (χ1) is 15.4. The zero-order valence-corrected chi connectivity index (χ0v) is 18.3. The molecule has 4 nitrogen and oxygen atoms in total. The van der Waals surface area contributed by atoms with Crippen molar-refractivity contribution >= 4 is 52.4 Å². The molecule has 0 saturated carbocycles. The van der Waals surface area contributed by atoms with Gasteiger partial charge in [-0.15, -0.1) is 0 Å². The lowest BCUT2D eigenvalue weighted by atomic mass is 9.61. The summed E-state index contributed by atoms with van der Waals surface area (Å²) < 4.78 is 0. The van der Waals surface area contributed by atoms with E-state index in [2.05, 4.69) is 5.32 Å². The molecular weight excluding hydrogens is 445 g/mol. The fourth-order valence-electron chi connectivity index (χ4n) is 4.86. The number of hydrogen-bond donors (Lipinski definition) is 1. The summed E-state index contributed by atoms with van der Waals surface area (Å²) in [6, 6.07) is 19.4. The van der Waals surface area contributed by atoms with Crippen molar-refractivity contribution in [1.29, 1.82) is 0 Å². The Labute approximate surface area is 194 Å².